The molecule has 3 heterocycles. The van der Waals surface area contributed by atoms with Gasteiger partial charge in [0.05, 0.1) is 5.03 Å². The Morgan fingerprint density at radius 1 is 1.23 bits per heavy atom. The fraction of sp³-hybridized carbons (Fsp3) is 0.176. The molecule has 2 aromatic heterocycles. The zero-order chi connectivity index (χ0) is 17.9. The van der Waals surface area contributed by atoms with E-state index in [-0.39, 0.29) is 11.7 Å². The Bertz CT molecular complexity index is 936. The van der Waals surface area contributed by atoms with Crippen LogP contribution in [0, 0.1) is 0 Å². The Hall–Kier alpha value is -3.07. The smallest absolute Gasteiger partial charge is 0.289 e. The van der Waals surface area contributed by atoms with Gasteiger partial charge in [0, 0.05) is 18.4 Å². The van der Waals surface area contributed by atoms with E-state index >= 15 is 0 Å². The van der Waals surface area contributed by atoms with Gasteiger partial charge in [-0.15, -0.1) is 22.0 Å². The molecule has 0 saturated carbocycles. The SMILES string of the molecule is O=C(N[C@H]1CSc2cccn2NC1=O)c1nnc(Cc2ccccc2)[nH]1. The number of aromatic nitrogens is 4. The predicted molar refractivity (Wildman–Crippen MR) is 96.4 cm³/mol. The molecule has 4 rings (SSSR count). The molecule has 1 aliphatic rings. The Kier molecular flexibility index (Phi) is 4.44. The minimum atomic E-state index is -0.657. The highest BCUT2D eigenvalue weighted by atomic mass is 32.2. The van der Waals surface area contributed by atoms with Crippen LogP contribution >= 0.6 is 11.8 Å². The first-order valence-electron chi connectivity index (χ1n) is 8.06. The number of carbonyl (C=O) groups is 2. The number of carbonyl (C=O) groups excluding carboxylic acids is 2. The molecule has 1 aromatic carbocycles. The maximum Gasteiger partial charge on any atom is 0.289 e. The lowest BCUT2D eigenvalue weighted by Gasteiger charge is -2.13. The quantitative estimate of drug-likeness (QED) is 0.641. The van der Waals surface area contributed by atoms with Gasteiger partial charge >= 0.3 is 0 Å². The molecule has 0 spiro atoms. The minimum Gasteiger partial charge on any atom is -0.337 e. The van der Waals surface area contributed by atoms with E-state index < -0.39 is 11.9 Å². The van der Waals surface area contributed by atoms with E-state index in [4.69, 9.17) is 0 Å². The van der Waals surface area contributed by atoms with Gasteiger partial charge in [0.15, 0.2) is 0 Å². The highest BCUT2D eigenvalue weighted by Crippen LogP contribution is 2.21. The maximum atomic E-state index is 12.4. The Morgan fingerprint density at radius 3 is 2.92 bits per heavy atom. The molecule has 132 valence electrons. The van der Waals surface area contributed by atoms with Gasteiger partial charge in [-0.25, -0.2) is 0 Å². The van der Waals surface area contributed by atoms with Crippen molar-refractivity contribution in [3.05, 3.63) is 65.9 Å². The van der Waals surface area contributed by atoms with Gasteiger partial charge < -0.3 is 10.3 Å². The van der Waals surface area contributed by atoms with Crippen LogP contribution in [0.4, 0.5) is 0 Å². The zero-order valence-electron chi connectivity index (χ0n) is 13.7. The zero-order valence-corrected chi connectivity index (χ0v) is 14.5. The van der Waals surface area contributed by atoms with Gasteiger partial charge in [-0.3, -0.25) is 19.7 Å². The summed E-state index contributed by atoms with van der Waals surface area (Å²) in [7, 11) is 0. The Labute approximate surface area is 153 Å². The van der Waals surface area contributed by atoms with Crippen LogP contribution in [0.5, 0.6) is 0 Å². The molecule has 0 radical (unpaired) electrons. The molecule has 2 amide bonds. The first-order valence-corrected chi connectivity index (χ1v) is 9.05. The molecule has 8 nitrogen and oxygen atoms in total. The molecule has 26 heavy (non-hydrogen) atoms. The summed E-state index contributed by atoms with van der Waals surface area (Å²) in [6, 6.07) is 12.9. The standard InChI is InChI=1S/C17H16N6O2S/c24-16-12(10-26-14-7-4-8-23(14)22-16)18-17(25)15-19-13(20-21-15)9-11-5-2-1-3-6-11/h1-8,12H,9-10H2,(H,18,25)(H,22,24)(H,19,20,21)/t12-/m0/s1. The molecule has 0 aliphatic carbocycles. The van der Waals surface area contributed by atoms with Gasteiger partial charge in [0.1, 0.15) is 11.9 Å². The van der Waals surface area contributed by atoms with E-state index in [2.05, 4.69) is 25.9 Å². The first kappa shape index (κ1) is 16.4. The van der Waals surface area contributed by atoms with Crippen LogP contribution in [-0.4, -0.2) is 43.5 Å². The van der Waals surface area contributed by atoms with Gasteiger partial charge in [0.2, 0.25) is 5.82 Å². The van der Waals surface area contributed by atoms with Crippen LogP contribution < -0.4 is 10.7 Å². The summed E-state index contributed by atoms with van der Waals surface area (Å²) < 4.78 is 1.64. The molecule has 1 atom stereocenters. The number of rotatable bonds is 4. The lowest BCUT2D eigenvalue weighted by molar-refractivity contribution is -0.118. The van der Waals surface area contributed by atoms with Crippen LogP contribution in [0.2, 0.25) is 0 Å². The summed E-state index contributed by atoms with van der Waals surface area (Å²) in [4.78, 5) is 27.6. The normalized spacial score (nSPS) is 16.5. The topological polar surface area (TPSA) is 105 Å². The largest absolute Gasteiger partial charge is 0.337 e. The molecular weight excluding hydrogens is 352 g/mol. The van der Waals surface area contributed by atoms with Crippen molar-refractivity contribution in [2.24, 2.45) is 0 Å². The highest BCUT2D eigenvalue weighted by molar-refractivity contribution is 7.99. The van der Waals surface area contributed by atoms with Gasteiger partial charge in [-0.05, 0) is 17.7 Å². The van der Waals surface area contributed by atoms with Crippen molar-refractivity contribution in [1.29, 1.82) is 0 Å². The van der Waals surface area contributed by atoms with Crippen LogP contribution in [-0.2, 0) is 11.2 Å². The molecule has 3 aromatic rings. The number of thioether (sulfide) groups is 1. The van der Waals surface area contributed by atoms with Gasteiger partial charge in [-0.2, -0.15) is 0 Å². The third kappa shape index (κ3) is 3.47. The number of aromatic amines is 1. The minimum absolute atomic E-state index is 0.0950. The van der Waals surface area contributed by atoms with E-state index in [0.717, 1.165) is 10.6 Å². The van der Waals surface area contributed by atoms with Crippen molar-refractivity contribution < 1.29 is 9.59 Å². The lowest BCUT2D eigenvalue weighted by Crippen LogP contribution is -2.46. The fourth-order valence-electron chi connectivity index (χ4n) is 2.62. The average molecular weight is 368 g/mol. The monoisotopic (exact) mass is 368 g/mol. The van der Waals surface area contributed by atoms with Crippen molar-refractivity contribution in [3.63, 3.8) is 0 Å². The highest BCUT2D eigenvalue weighted by Gasteiger charge is 2.26. The lowest BCUT2D eigenvalue weighted by atomic mass is 10.1. The molecule has 9 heteroatoms. The second kappa shape index (κ2) is 7.04. The van der Waals surface area contributed by atoms with Crippen LogP contribution in [0.15, 0.2) is 53.7 Å². The number of fused-ring (bicyclic) bond motifs is 1. The van der Waals surface area contributed by atoms with Crippen LogP contribution in [0.1, 0.15) is 22.0 Å². The average Bonchev–Trinajstić information content (AvgIpc) is 3.26. The molecule has 0 unspecified atom stereocenters. The number of H-pyrrole nitrogens is 1. The summed E-state index contributed by atoms with van der Waals surface area (Å²) in [6.45, 7) is 0. The third-order valence-corrected chi connectivity index (χ3v) is 5.05. The summed E-state index contributed by atoms with van der Waals surface area (Å²) in [5.74, 6) is 0.399. The molecule has 1 aliphatic heterocycles. The molecule has 0 bridgehead atoms. The van der Waals surface area contributed by atoms with E-state index in [0.29, 0.717) is 18.0 Å². The number of amides is 2. The number of nitrogens with one attached hydrogen (secondary N) is 3. The third-order valence-electron chi connectivity index (χ3n) is 3.92. The van der Waals surface area contributed by atoms with E-state index in [1.54, 1.807) is 10.9 Å². The summed E-state index contributed by atoms with van der Waals surface area (Å²) in [5, 5.41) is 11.5. The van der Waals surface area contributed by atoms with Crippen molar-refractivity contribution >= 4 is 23.6 Å². The molecule has 3 N–H and O–H groups in total. The molecular formula is C17H16N6O2S. The second-order valence-electron chi connectivity index (χ2n) is 5.81. The molecule has 0 saturated heterocycles. The number of benzene rings is 1. The van der Waals surface area contributed by atoms with Crippen molar-refractivity contribution in [2.45, 2.75) is 17.5 Å². The van der Waals surface area contributed by atoms with Crippen molar-refractivity contribution in [2.75, 3.05) is 11.2 Å². The summed E-state index contributed by atoms with van der Waals surface area (Å²) >= 11 is 1.49. The van der Waals surface area contributed by atoms with E-state index in [9.17, 15) is 9.59 Å². The predicted octanol–water partition coefficient (Wildman–Crippen LogP) is 1.17. The Balaban J connectivity index is 1.40. The van der Waals surface area contributed by atoms with Crippen molar-refractivity contribution in [1.82, 2.24) is 25.2 Å². The van der Waals surface area contributed by atoms with Gasteiger partial charge in [0.25, 0.3) is 11.8 Å². The first-order chi connectivity index (χ1) is 12.7. The number of nitrogens with zero attached hydrogens (tertiary/aromatic N) is 3. The number of hydrogen-bond acceptors (Lipinski definition) is 5. The van der Waals surface area contributed by atoms with E-state index in [1.807, 2.05) is 42.5 Å². The van der Waals surface area contributed by atoms with E-state index in [1.165, 1.54) is 11.8 Å². The Morgan fingerprint density at radius 2 is 2.08 bits per heavy atom. The van der Waals surface area contributed by atoms with Crippen molar-refractivity contribution in [3.8, 4) is 0 Å². The second-order valence-corrected chi connectivity index (χ2v) is 6.85. The molecule has 0 fully saturated rings. The van der Waals surface area contributed by atoms with Crippen LogP contribution in [0.25, 0.3) is 0 Å². The summed E-state index contributed by atoms with van der Waals surface area (Å²) in [5.41, 5.74) is 3.81. The van der Waals surface area contributed by atoms with Gasteiger partial charge in [-0.1, -0.05) is 30.3 Å². The van der Waals surface area contributed by atoms with Crippen LogP contribution in [0.3, 0.4) is 0 Å². The number of hydrogen-bond donors (Lipinski definition) is 3. The summed E-state index contributed by atoms with van der Waals surface area (Å²) in [6.07, 6.45) is 2.31. The maximum absolute atomic E-state index is 12.4. The fourth-order valence-corrected chi connectivity index (χ4v) is 3.61.